The van der Waals surface area contributed by atoms with Crippen molar-refractivity contribution >= 4 is 11.8 Å². The second-order valence-corrected chi connectivity index (χ2v) is 5.71. The SMILES string of the molecule is CCc1nn(CCSC(F)(F)F)c(CC)c1C(N)CC. The zero-order chi connectivity index (χ0) is 15.3. The molecule has 0 aliphatic carbocycles. The van der Waals surface area contributed by atoms with Gasteiger partial charge in [0.1, 0.15) is 0 Å². The van der Waals surface area contributed by atoms with Crippen LogP contribution in [0, 0.1) is 0 Å². The summed E-state index contributed by atoms with van der Waals surface area (Å²) in [5.74, 6) is -0.0257. The summed E-state index contributed by atoms with van der Waals surface area (Å²) in [5.41, 5.74) is 4.84. The number of aryl methyl sites for hydroxylation is 2. The van der Waals surface area contributed by atoms with Gasteiger partial charge in [0.15, 0.2) is 0 Å². The fraction of sp³-hybridized carbons (Fsp3) is 0.769. The smallest absolute Gasteiger partial charge is 0.324 e. The van der Waals surface area contributed by atoms with E-state index in [0.29, 0.717) is 0 Å². The summed E-state index contributed by atoms with van der Waals surface area (Å²) in [5, 5.41) is 4.44. The third-order valence-corrected chi connectivity index (χ3v) is 3.94. The molecule has 1 unspecified atom stereocenters. The van der Waals surface area contributed by atoms with E-state index in [4.69, 9.17) is 5.73 Å². The molecule has 1 atom stereocenters. The van der Waals surface area contributed by atoms with Gasteiger partial charge in [0.25, 0.3) is 0 Å². The van der Waals surface area contributed by atoms with E-state index in [1.165, 1.54) is 0 Å². The van der Waals surface area contributed by atoms with Crippen LogP contribution in [0.25, 0.3) is 0 Å². The van der Waals surface area contributed by atoms with Crippen LogP contribution in [0.3, 0.4) is 0 Å². The molecule has 0 bridgehead atoms. The van der Waals surface area contributed by atoms with Gasteiger partial charge < -0.3 is 5.73 Å². The molecular weight excluding hydrogens is 287 g/mol. The normalized spacial score (nSPS) is 13.8. The number of thioether (sulfide) groups is 1. The van der Waals surface area contributed by atoms with Crippen molar-refractivity contribution in [3.63, 3.8) is 0 Å². The van der Waals surface area contributed by atoms with Gasteiger partial charge in [0.2, 0.25) is 0 Å². The highest BCUT2D eigenvalue weighted by molar-refractivity contribution is 8.00. The molecule has 0 saturated carbocycles. The van der Waals surface area contributed by atoms with Gasteiger partial charge in [-0.3, -0.25) is 4.68 Å². The number of rotatable bonds is 7. The third kappa shape index (κ3) is 4.41. The second kappa shape index (κ2) is 7.36. The highest BCUT2D eigenvalue weighted by Gasteiger charge is 2.28. The van der Waals surface area contributed by atoms with Gasteiger partial charge >= 0.3 is 5.51 Å². The number of alkyl halides is 3. The first kappa shape index (κ1) is 17.4. The topological polar surface area (TPSA) is 43.8 Å². The summed E-state index contributed by atoms with van der Waals surface area (Å²) in [6, 6.07) is -0.0936. The summed E-state index contributed by atoms with van der Waals surface area (Å²) in [4.78, 5) is 0. The molecule has 0 fully saturated rings. The van der Waals surface area contributed by atoms with E-state index in [1.54, 1.807) is 4.68 Å². The molecule has 3 nitrogen and oxygen atoms in total. The molecular formula is C13H22F3N3S. The molecule has 1 rings (SSSR count). The lowest BCUT2D eigenvalue weighted by atomic mass is 10.00. The zero-order valence-corrected chi connectivity index (χ0v) is 12.9. The fourth-order valence-electron chi connectivity index (χ4n) is 2.26. The minimum atomic E-state index is -4.18. The Kier molecular flexibility index (Phi) is 6.39. The first-order valence-electron chi connectivity index (χ1n) is 6.88. The molecule has 0 aromatic carbocycles. The van der Waals surface area contributed by atoms with Crippen molar-refractivity contribution in [1.29, 1.82) is 0 Å². The van der Waals surface area contributed by atoms with Gasteiger partial charge in [-0.25, -0.2) is 0 Å². The number of hydrogen-bond donors (Lipinski definition) is 1. The molecule has 0 radical (unpaired) electrons. The van der Waals surface area contributed by atoms with E-state index in [1.807, 2.05) is 20.8 Å². The van der Waals surface area contributed by atoms with E-state index in [9.17, 15) is 13.2 Å². The number of nitrogens with zero attached hydrogens (tertiary/aromatic N) is 2. The number of hydrogen-bond acceptors (Lipinski definition) is 3. The van der Waals surface area contributed by atoms with Crippen LogP contribution in [-0.2, 0) is 19.4 Å². The highest BCUT2D eigenvalue weighted by Crippen LogP contribution is 2.31. The largest absolute Gasteiger partial charge is 0.441 e. The Labute approximate surface area is 122 Å². The van der Waals surface area contributed by atoms with E-state index in [-0.39, 0.29) is 30.1 Å². The average Bonchev–Trinajstić information content (AvgIpc) is 2.74. The molecule has 1 aromatic heterocycles. The van der Waals surface area contributed by atoms with Crippen molar-refractivity contribution in [3.8, 4) is 0 Å². The Balaban J connectivity index is 2.93. The Hall–Kier alpha value is -0.690. The summed E-state index contributed by atoms with van der Waals surface area (Å²) < 4.78 is 38.3. The van der Waals surface area contributed by atoms with Crippen LogP contribution in [0.4, 0.5) is 13.2 Å². The number of aromatic nitrogens is 2. The van der Waals surface area contributed by atoms with Crippen LogP contribution in [0.2, 0.25) is 0 Å². The molecule has 0 amide bonds. The van der Waals surface area contributed by atoms with E-state index in [0.717, 1.165) is 36.2 Å². The van der Waals surface area contributed by atoms with Gasteiger partial charge in [-0.15, -0.1) is 0 Å². The maximum atomic E-state index is 12.2. The maximum absolute atomic E-state index is 12.2. The zero-order valence-electron chi connectivity index (χ0n) is 12.1. The van der Waals surface area contributed by atoms with E-state index in [2.05, 4.69) is 5.10 Å². The molecule has 0 aliphatic heterocycles. The molecule has 0 saturated heterocycles. The van der Waals surface area contributed by atoms with E-state index >= 15 is 0 Å². The van der Waals surface area contributed by atoms with Crippen molar-refractivity contribution in [2.45, 2.75) is 58.1 Å². The predicted octanol–water partition coefficient (Wildman–Crippen LogP) is 3.67. The second-order valence-electron chi connectivity index (χ2n) is 4.55. The minimum Gasteiger partial charge on any atom is -0.324 e. The van der Waals surface area contributed by atoms with Gasteiger partial charge in [-0.2, -0.15) is 18.3 Å². The molecule has 1 aromatic rings. The van der Waals surface area contributed by atoms with Crippen molar-refractivity contribution in [2.75, 3.05) is 5.75 Å². The Morgan fingerprint density at radius 2 is 1.90 bits per heavy atom. The highest BCUT2D eigenvalue weighted by atomic mass is 32.2. The van der Waals surface area contributed by atoms with Crippen LogP contribution in [-0.4, -0.2) is 21.0 Å². The van der Waals surface area contributed by atoms with Gasteiger partial charge in [0, 0.05) is 23.1 Å². The predicted molar refractivity (Wildman–Crippen MR) is 76.7 cm³/mol. The lowest BCUT2D eigenvalue weighted by Gasteiger charge is -2.13. The van der Waals surface area contributed by atoms with Crippen LogP contribution in [0.1, 0.15) is 50.2 Å². The van der Waals surface area contributed by atoms with Crippen LogP contribution in [0.15, 0.2) is 0 Å². The molecule has 0 aliphatic rings. The van der Waals surface area contributed by atoms with Crippen LogP contribution >= 0.6 is 11.8 Å². The molecule has 20 heavy (non-hydrogen) atoms. The van der Waals surface area contributed by atoms with Gasteiger partial charge in [0.05, 0.1) is 12.2 Å². The Morgan fingerprint density at radius 3 is 2.35 bits per heavy atom. The molecule has 0 spiro atoms. The van der Waals surface area contributed by atoms with Crippen molar-refractivity contribution in [3.05, 3.63) is 17.0 Å². The molecule has 116 valence electrons. The van der Waals surface area contributed by atoms with Crippen molar-refractivity contribution in [1.82, 2.24) is 9.78 Å². The third-order valence-electron chi connectivity index (χ3n) is 3.22. The molecule has 2 N–H and O–H groups in total. The van der Waals surface area contributed by atoms with Crippen LogP contribution in [0.5, 0.6) is 0 Å². The van der Waals surface area contributed by atoms with Gasteiger partial charge in [-0.05, 0) is 31.0 Å². The molecule has 1 heterocycles. The Bertz CT molecular complexity index is 429. The van der Waals surface area contributed by atoms with E-state index < -0.39 is 5.51 Å². The monoisotopic (exact) mass is 309 g/mol. The summed E-state index contributed by atoms with van der Waals surface area (Å²) in [6.45, 7) is 6.23. The van der Waals surface area contributed by atoms with Gasteiger partial charge in [-0.1, -0.05) is 20.8 Å². The first-order valence-corrected chi connectivity index (χ1v) is 7.87. The molecule has 7 heteroatoms. The average molecular weight is 309 g/mol. The van der Waals surface area contributed by atoms with Crippen molar-refractivity contribution < 1.29 is 13.2 Å². The maximum Gasteiger partial charge on any atom is 0.441 e. The fourth-order valence-corrected chi connectivity index (χ4v) is 2.76. The quantitative estimate of drug-likeness (QED) is 0.836. The summed E-state index contributed by atoms with van der Waals surface area (Å²) in [7, 11) is 0. The lowest BCUT2D eigenvalue weighted by molar-refractivity contribution is -0.0328. The summed E-state index contributed by atoms with van der Waals surface area (Å²) >= 11 is -0.00762. The Morgan fingerprint density at radius 1 is 1.25 bits per heavy atom. The van der Waals surface area contributed by atoms with Crippen LogP contribution < -0.4 is 5.73 Å². The number of halogens is 3. The van der Waals surface area contributed by atoms with Crippen molar-refractivity contribution in [2.24, 2.45) is 5.73 Å². The standard InChI is InChI=1S/C13H22F3N3S/c1-4-9(17)12-10(5-2)18-19(11(12)6-3)7-8-20-13(14,15)16/h9H,4-8,17H2,1-3H3. The summed E-state index contributed by atoms with van der Waals surface area (Å²) in [6.07, 6.45) is 2.27. The number of nitrogens with two attached hydrogens (primary N) is 1. The first-order chi connectivity index (χ1) is 9.34. The minimum absolute atomic E-state index is 0.00762. The lowest BCUT2D eigenvalue weighted by Crippen LogP contribution is -2.14.